The van der Waals surface area contributed by atoms with Gasteiger partial charge in [-0.05, 0) is 51.5 Å². The number of primary amides is 1. The zero-order chi connectivity index (χ0) is 30.5. The Bertz CT molecular complexity index is 998. The number of rotatable bonds is 15. The van der Waals surface area contributed by atoms with E-state index in [-0.39, 0.29) is 38.3 Å². The number of carbonyl (C=O) groups is 6. The number of nitrogens with two attached hydrogens (primary N) is 3. The van der Waals surface area contributed by atoms with Gasteiger partial charge in [0.2, 0.25) is 29.5 Å². The van der Waals surface area contributed by atoms with Crippen molar-refractivity contribution in [1.29, 1.82) is 0 Å². The predicted octanol–water partition coefficient (Wildman–Crippen LogP) is -4.42. The van der Waals surface area contributed by atoms with Crippen molar-refractivity contribution >= 4 is 41.5 Å². The minimum atomic E-state index is -1.50. The summed E-state index contributed by atoms with van der Waals surface area (Å²) in [5.41, 5.74) is 15.8. The van der Waals surface area contributed by atoms with Crippen LogP contribution >= 0.6 is 0 Å². The van der Waals surface area contributed by atoms with E-state index in [0.29, 0.717) is 25.8 Å². The van der Waals surface area contributed by atoms with Crippen molar-refractivity contribution in [3.05, 3.63) is 0 Å². The van der Waals surface area contributed by atoms with Crippen LogP contribution in [0.2, 0.25) is 0 Å². The van der Waals surface area contributed by atoms with E-state index < -0.39 is 78.7 Å². The van der Waals surface area contributed by atoms with Crippen LogP contribution < -0.4 is 38.5 Å². The molecule has 230 valence electrons. The number of amides is 5. The number of carbonyl (C=O) groups excluding carboxylic acids is 5. The Kier molecular flexibility index (Phi) is 13.2. The Hall–Kier alpha value is -3.99. The van der Waals surface area contributed by atoms with E-state index in [1.165, 1.54) is 4.90 Å². The molecule has 17 nitrogen and oxygen atoms in total. The van der Waals surface area contributed by atoms with Crippen molar-refractivity contribution in [3.8, 4) is 0 Å². The molecule has 41 heavy (non-hydrogen) atoms. The number of aliphatic hydroxyl groups excluding tert-OH is 1. The minimum absolute atomic E-state index is 0.0389. The van der Waals surface area contributed by atoms with Gasteiger partial charge in [0.15, 0.2) is 5.96 Å². The van der Waals surface area contributed by atoms with Gasteiger partial charge in [-0.1, -0.05) is 0 Å². The van der Waals surface area contributed by atoms with Crippen molar-refractivity contribution in [3.63, 3.8) is 0 Å². The molecule has 0 aliphatic carbocycles. The highest BCUT2D eigenvalue weighted by atomic mass is 16.4. The highest BCUT2D eigenvalue weighted by Gasteiger charge is 2.38. The van der Waals surface area contributed by atoms with Crippen LogP contribution in [-0.4, -0.2) is 113 Å². The van der Waals surface area contributed by atoms with Gasteiger partial charge in [-0.2, -0.15) is 0 Å². The summed E-state index contributed by atoms with van der Waals surface area (Å²) in [5.74, 6) is -5.16. The lowest BCUT2D eigenvalue weighted by molar-refractivity contribution is -0.148. The van der Waals surface area contributed by atoms with Crippen molar-refractivity contribution < 1.29 is 39.0 Å². The normalized spacial score (nSPS) is 20.7. The summed E-state index contributed by atoms with van der Waals surface area (Å²) in [4.78, 5) is 80.2. The molecule has 5 amide bonds. The smallest absolute Gasteiger partial charge is 0.326 e. The van der Waals surface area contributed by atoms with Gasteiger partial charge < -0.3 is 53.6 Å². The fraction of sp³-hybridized carbons (Fsp3) is 0.708. The number of carboxylic acids is 1. The average Bonchev–Trinajstić information content (AvgIpc) is 3.47. The molecule has 0 aromatic heterocycles. The van der Waals surface area contributed by atoms with Gasteiger partial charge in [0.25, 0.3) is 0 Å². The molecular formula is C24H41N9O8. The van der Waals surface area contributed by atoms with Gasteiger partial charge >= 0.3 is 5.97 Å². The number of nitrogens with one attached hydrogen (secondary N) is 4. The van der Waals surface area contributed by atoms with E-state index in [1.54, 1.807) is 0 Å². The molecule has 2 saturated heterocycles. The maximum absolute atomic E-state index is 13.4. The first-order valence-electron chi connectivity index (χ1n) is 13.6. The molecular weight excluding hydrogens is 542 g/mol. The van der Waals surface area contributed by atoms with Gasteiger partial charge in [0.1, 0.15) is 24.2 Å². The number of aliphatic imine (C=N–C) groups is 1. The molecule has 2 aliphatic heterocycles. The van der Waals surface area contributed by atoms with Gasteiger partial charge in [0, 0.05) is 13.1 Å². The number of aliphatic carboxylic acids is 1. The zero-order valence-electron chi connectivity index (χ0n) is 22.8. The van der Waals surface area contributed by atoms with Crippen LogP contribution in [0.5, 0.6) is 0 Å². The fourth-order valence-electron chi connectivity index (χ4n) is 4.75. The molecule has 0 spiro atoms. The zero-order valence-corrected chi connectivity index (χ0v) is 22.8. The predicted molar refractivity (Wildman–Crippen MR) is 145 cm³/mol. The second-order valence-corrected chi connectivity index (χ2v) is 10.0. The van der Waals surface area contributed by atoms with Crippen LogP contribution in [0.15, 0.2) is 4.99 Å². The molecule has 0 aromatic rings. The fourth-order valence-corrected chi connectivity index (χ4v) is 4.75. The molecule has 2 heterocycles. The Labute approximate surface area is 237 Å². The van der Waals surface area contributed by atoms with Crippen LogP contribution in [0.3, 0.4) is 0 Å². The number of likely N-dealkylation sites (tertiary alicyclic amines) is 1. The summed E-state index contributed by atoms with van der Waals surface area (Å²) in [5, 5.41) is 29.7. The van der Waals surface area contributed by atoms with E-state index in [4.69, 9.17) is 17.2 Å². The Morgan fingerprint density at radius 3 is 2.22 bits per heavy atom. The molecule has 5 atom stereocenters. The first kappa shape index (κ1) is 33.2. The second kappa shape index (κ2) is 16.3. The topological polar surface area (TPSA) is 285 Å². The quantitative estimate of drug-likeness (QED) is 0.0503. The number of nitrogens with zero attached hydrogens (tertiary/aromatic N) is 2. The molecule has 12 N–H and O–H groups in total. The van der Waals surface area contributed by atoms with E-state index in [1.807, 2.05) is 0 Å². The van der Waals surface area contributed by atoms with Crippen LogP contribution in [0.4, 0.5) is 0 Å². The van der Waals surface area contributed by atoms with Crippen molar-refractivity contribution in [2.75, 3.05) is 26.2 Å². The number of piperidine rings is 1. The lowest BCUT2D eigenvalue weighted by Gasteiger charge is -2.37. The molecule has 0 unspecified atom stereocenters. The first-order chi connectivity index (χ1) is 19.4. The Morgan fingerprint density at radius 2 is 1.63 bits per heavy atom. The lowest BCUT2D eigenvalue weighted by atomic mass is 9.99. The SMILES string of the molecule is NC(=O)C[C@H](NC(=O)[C@@H]1CCCN1)C(=O)N[C@@H](CO)C(=O)N1CCCC[C@H]1C(=O)N[C@@H](CCCN=C(N)N)C(=O)O. The van der Waals surface area contributed by atoms with E-state index in [0.717, 1.165) is 6.42 Å². The van der Waals surface area contributed by atoms with E-state index in [2.05, 4.69) is 26.3 Å². The lowest BCUT2D eigenvalue weighted by Crippen LogP contribution is -2.61. The van der Waals surface area contributed by atoms with Crippen LogP contribution in [0.25, 0.3) is 0 Å². The third-order valence-electron chi connectivity index (χ3n) is 6.86. The number of guanidine groups is 1. The largest absolute Gasteiger partial charge is 0.480 e. The maximum Gasteiger partial charge on any atom is 0.326 e. The Morgan fingerprint density at radius 1 is 0.927 bits per heavy atom. The summed E-state index contributed by atoms with van der Waals surface area (Å²) in [6, 6.07) is -5.72. The molecule has 0 saturated carbocycles. The third-order valence-corrected chi connectivity index (χ3v) is 6.86. The highest BCUT2D eigenvalue weighted by Crippen LogP contribution is 2.19. The number of hydrogen-bond acceptors (Lipinski definition) is 9. The maximum atomic E-state index is 13.4. The molecule has 2 rings (SSSR count). The van der Waals surface area contributed by atoms with E-state index >= 15 is 0 Å². The summed E-state index contributed by atoms with van der Waals surface area (Å²) in [7, 11) is 0. The van der Waals surface area contributed by atoms with E-state index in [9.17, 15) is 39.0 Å². The number of aliphatic hydroxyl groups is 1. The highest BCUT2D eigenvalue weighted by molar-refractivity contribution is 5.97. The summed E-state index contributed by atoms with van der Waals surface area (Å²) < 4.78 is 0. The van der Waals surface area contributed by atoms with Crippen LogP contribution in [0.1, 0.15) is 51.4 Å². The summed E-state index contributed by atoms with van der Waals surface area (Å²) in [6.45, 7) is 0.0869. The number of carboxylic acid groups (broad SMARTS) is 1. The van der Waals surface area contributed by atoms with Crippen molar-refractivity contribution in [2.24, 2.45) is 22.2 Å². The van der Waals surface area contributed by atoms with Crippen molar-refractivity contribution in [2.45, 2.75) is 81.6 Å². The van der Waals surface area contributed by atoms with Gasteiger partial charge in [-0.15, -0.1) is 0 Å². The summed E-state index contributed by atoms with van der Waals surface area (Å²) in [6.07, 6.45) is 2.45. The second-order valence-electron chi connectivity index (χ2n) is 10.0. The molecule has 0 radical (unpaired) electrons. The van der Waals surface area contributed by atoms with Crippen molar-refractivity contribution in [1.82, 2.24) is 26.2 Å². The molecule has 0 bridgehead atoms. The standard InChI is InChI=1S/C24H41N9O8/c25-18(35)11-15(31-19(36)13-5-3-8-28-13)20(37)32-16(12-34)22(39)33-10-2-1-7-17(33)21(38)30-14(23(40)41)6-4-9-29-24(26)27/h13-17,28,34H,1-12H2,(H2,25,35)(H,30,38)(H,31,36)(H,32,37)(H,40,41)(H4,26,27,29)/t13-,14-,15-,16-,17-/m0/s1. The number of hydrogen-bond donors (Lipinski definition) is 9. The van der Waals surface area contributed by atoms with Gasteiger partial charge in [0.05, 0.1) is 19.1 Å². The third kappa shape index (κ3) is 10.5. The average molecular weight is 584 g/mol. The monoisotopic (exact) mass is 583 g/mol. The van der Waals surface area contributed by atoms with Gasteiger partial charge in [-0.3, -0.25) is 29.0 Å². The Balaban J connectivity index is 2.08. The van der Waals surface area contributed by atoms with Crippen LogP contribution in [-0.2, 0) is 28.8 Å². The van der Waals surface area contributed by atoms with Gasteiger partial charge in [-0.25, -0.2) is 4.79 Å². The molecule has 2 aliphatic rings. The van der Waals surface area contributed by atoms with Crippen LogP contribution in [0, 0.1) is 0 Å². The molecule has 0 aromatic carbocycles. The molecule has 2 fully saturated rings. The summed E-state index contributed by atoms with van der Waals surface area (Å²) >= 11 is 0. The molecule has 17 heteroatoms. The minimum Gasteiger partial charge on any atom is -0.480 e. The first-order valence-corrected chi connectivity index (χ1v) is 13.6.